The zero-order valence-electron chi connectivity index (χ0n) is 16.7. The van der Waals surface area contributed by atoms with Crippen molar-refractivity contribution in [2.24, 2.45) is 0 Å². The first kappa shape index (κ1) is 20.0. The molecule has 5 rings (SSSR count). The van der Waals surface area contributed by atoms with Crippen molar-refractivity contribution in [3.63, 3.8) is 0 Å². The first-order valence-electron chi connectivity index (χ1n) is 10.0. The number of amides is 3. The monoisotopic (exact) mass is 436 g/mol. The number of hydrogen-bond acceptors (Lipinski definition) is 4. The van der Waals surface area contributed by atoms with Crippen molar-refractivity contribution in [3.8, 4) is 11.5 Å². The number of hydrogen-bond donors (Lipinski definition) is 2. The molecule has 1 fully saturated rings. The number of phenols is 2. The summed E-state index contributed by atoms with van der Waals surface area (Å²) in [5.74, 6) is -1.96. The zero-order chi connectivity index (χ0) is 22.6. The standard InChI is InChI=1S/C24H18F2N2O4/c25-16-5-1-13(2-6-16)12-27-23(31)19-9-15-10-20(29)21(30)11-18(15)22(28(19)24(27)32)14-3-7-17(26)8-4-14/h1-8,10-11,19,22,29-30H,9,12H2/t19-,22+/m1/s1. The van der Waals surface area contributed by atoms with Crippen molar-refractivity contribution in [2.45, 2.75) is 25.0 Å². The quantitative estimate of drug-likeness (QED) is 0.483. The van der Waals surface area contributed by atoms with Gasteiger partial charge in [-0.1, -0.05) is 24.3 Å². The fourth-order valence-electron chi connectivity index (χ4n) is 4.47. The number of halogens is 2. The minimum Gasteiger partial charge on any atom is -0.504 e. The Labute approximate surface area is 181 Å². The smallest absolute Gasteiger partial charge is 0.328 e. The molecule has 0 radical (unpaired) electrons. The molecule has 0 unspecified atom stereocenters. The maximum Gasteiger partial charge on any atom is 0.328 e. The fourth-order valence-corrected chi connectivity index (χ4v) is 4.47. The van der Waals surface area contributed by atoms with E-state index in [1.54, 1.807) is 0 Å². The molecule has 3 aromatic carbocycles. The predicted molar refractivity (Wildman–Crippen MR) is 110 cm³/mol. The number of phenolic OH excluding ortho intramolecular Hbond substituents is 2. The van der Waals surface area contributed by atoms with E-state index in [1.165, 1.54) is 65.6 Å². The Morgan fingerprint density at radius 3 is 2.12 bits per heavy atom. The molecule has 0 aliphatic carbocycles. The molecule has 0 aromatic heterocycles. The Hall–Kier alpha value is -3.94. The summed E-state index contributed by atoms with van der Waals surface area (Å²) < 4.78 is 26.8. The van der Waals surface area contributed by atoms with Crippen LogP contribution in [0.1, 0.15) is 28.3 Å². The van der Waals surface area contributed by atoms with E-state index < -0.39 is 35.7 Å². The number of aromatic hydroxyl groups is 2. The summed E-state index contributed by atoms with van der Waals surface area (Å²) in [5.41, 5.74) is 2.32. The molecule has 2 aliphatic heterocycles. The molecule has 32 heavy (non-hydrogen) atoms. The summed E-state index contributed by atoms with van der Waals surface area (Å²) in [4.78, 5) is 29.2. The molecule has 162 valence electrons. The van der Waals surface area contributed by atoms with Gasteiger partial charge in [-0.15, -0.1) is 0 Å². The van der Waals surface area contributed by atoms with Gasteiger partial charge >= 0.3 is 6.03 Å². The third-order valence-corrected chi connectivity index (χ3v) is 6.00. The summed E-state index contributed by atoms with van der Waals surface area (Å²) in [6, 6.07) is 11.8. The van der Waals surface area contributed by atoms with Crippen LogP contribution in [0.5, 0.6) is 11.5 Å². The third kappa shape index (κ3) is 3.15. The largest absolute Gasteiger partial charge is 0.504 e. The van der Waals surface area contributed by atoms with Crippen molar-refractivity contribution in [1.82, 2.24) is 9.80 Å². The van der Waals surface area contributed by atoms with Crippen LogP contribution in [0, 0.1) is 11.6 Å². The molecule has 0 saturated carbocycles. The Bertz CT molecular complexity index is 1230. The van der Waals surface area contributed by atoms with Gasteiger partial charge in [0, 0.05) is 6.42 Å². The number of carbonyl (C=O) groups is 2. The molecular weight excluding hydrogens is 418 g/mol. The number of carbonyl (C=O) groups excluding carboxylic acids is 2. The van der Waals surface area contributed by atoms with E-state index in [4.69, 9.17) is 0 Å². The molecule has 3 amide bonds. The van der Waals surface area contributed by atoms with Gasteiger partial charge in [0.05, 0.1) is 12.6 Å². The average molecular weight is 436 g/mol. The summed E-state index contributed by atoms with van der Waals surface area (Å²) in [6.45, 7) is -0.0199. The lowest BCUT2D eigenvalue weighted by atomic mass is 9.85. The summed E-state index contributed by atoms with van der Waals surface area (Å²) in [7, 11) is 0. The fraction of sp³-hybridized carbons (Fsp3) is 0.167. The maximum absolute atomic E-state index is 13.6. The van der Waals surface area contributed by atoms with Gasteiger partial charge in [0.15, 0.2) is 11.5 Å². The highest BCUT2D eigenvalue weighted by molar-refractivity contribution is 6.05. The van der Waals surface area contributed by atoms with E-state index >= 15 is 0 Å². The third-order valence-electron chi connectivity index (χ3n) is 6.00. The summed E-state index contributed by atoms with van der Waals surface area (Å²) in [6.07, 6.45) is 0.158. The SMILES string of the molecule is O=C1[C@H]2Cc3cc(O)c(O)cc3[C@H](c3ccc(F)cc3)N2C(=O)N1Cc1ccc(F)cc1. The normalized spacial score (nSPS) is 19.8. The van der Waals surface area contributed by atoms with Crippen molar-refractivity contribution in [2.75, 3.05) is 0 Å². The molecule has 1 saturated heterocycles. The minimum atomic E-state index is -0.825. The van der Waals surface area contributed by atoms with Crippen LogP contribution in [0.25, 0.3) is 0 Å². The topological polar surface area (TPSA) is 81.1 Å². The second kappa shape index (κ2) is 7.33. The average Bonchev–Trinajstić information content (AvgIpc) is 3.00. The highest BCUT2D eigenvalue weighted by atomic mass is 19.1. The molecule has 8 heteroatoms. The highest BCUT2D eigenvalue weighted by Crippen LogP contribution is 2.45. The lowest BCUT2D eigenvalue weighted by Crippen LogP contribution is -2.44. The Morgan fingerprint density at radius 1 is 0.875 bits per heavy atom. The van der Waals surface area contributed by atoms with Crippen LogP contribution in [0.4, 0.5) is 13.6 Å². The second-order valence-electron chi connectivity index (χ2n) is 7.95. The highest BCUT2D eigenvalue weighted by Gasteiger charge is 2.51. The van der Waals surface area contributed by atoms with E-state index in [1.807, 2.05) is 0 Å². The van der Waals surface area contributed by atoms with Gasteiger partial charge in [-0.25, -0.2) is 13.6 Å². The molecule has 0 bridgehead atoms. The van der Waals surface area contributed by atoms with Gasteiger partial charge in [-0.3, -0.25) is 9.69 Å². The molecule has 2 heterocycles. The number of rotatable bonds is 3. The Kier molecular flexibility index (Phi) is 4.58. The van der Waals surface area contributed by atoms with Gasteiger partial charge in [0.2, 0.25) is 0 Å². The van der Waals surface area contributed by atoms with E-state index in [2.05, 4.69) is 0 Å². The molecule has 2 atom stereocenters. The Morgan fingerprint density at radius 2 is 1.47 bits per heavy atom. The van der Waals surface area contributed by atoms with Crippen LogP contribution in [0.15, 0.2) is 60.7 Å². The maximum atomic E-state index is 13.6. The van der Waals surface area contributed by atoms with Crippen LogP contribution >= 0.6 is 0 Å². The first-order valence-corrected chi connectivity index (χ1v) is 10.0. The minimum absolute atomic E-state index is 0.0199. The number of urea groups is 1. The van der Waals surface area contributed by atoms with Crippen LogP contribution in [-0.4, -0.2) is 38.0 Å². The van der Waals surface area contributed by atoms with Crippen molar-refractivity contribution < 1.29 is 28.6 Å². The number of nitrogens with zero attached hydrogens (tertiary/aromatic N) is 2. The van der Waals surface area contributed by atoms with Gasteiger partial charge in [-0.05, 0) is 58.7 Å². The second-order valence-corrected chi connectivity index (χ2v) is 7.95. The van der Waals surface area contributed by atoms with Gasteiger partial charge in [-0.2, -0.15) is 0 Å². The lowest BCUT2D eigenvalue weighted by molar-refractivity contribution is -0.129. The van der Waals surface area contributed by atoms with Gasteiger partial charge in [0.1, 0.15) is 17.7 Å². The van der Waals surface area contributed by atoms with Gasteiger partial charge in [0.25, 0.3) is 5.91 Å². The lowest BCUT2D eigenvalue weighted by Gasteiger charge is -2.37. The van der Waals surface area contributed by atoms with Crippen LogP contribution in [0.3, 0.4) is 0 Å². The molecular formula is C24H18F2N2O4. The van der Waals surface area contributed by atoms with E-state index in [-0.39, 0.29) is 24.5 Å². The number of benzene rings is 3. The van der Waals surface area contributed by atoms with Crippen molar-refractivity contribution >= 4 is 11.9 Å². The number of fused-ring (bicyclic) bond motifs is 2. The molecule has 3 aromatic rings. The van der Waals surface area contributed by atoms with Gasteiger partial charge < -0.3 is 15.1 Å². The zero-order valence-corrected chi connectivity index (χ0v) is 16.7. The van der Waals surface area contributed by atoms with Crippen molar-refractivity contribution in [3.05, 3.63) is 94.6 Å². The molecule has 2 aliphatic rings. The molecule has 6 nitrogen and oxygen atoms in total. The van der Waals surface area contributed by atoms with Crippen LogP contribution < -0.4 is 0 Å². The summed E-state index contributed by atoms with van der Waals surface area (Å²) >= 11 is 0. The summed E-state index contributed by atoms with van der Waals surface area (Å²) in [5, 5.41) is 20.1. The number of imide groups is 1. The Balaban J connectivity index is 1.59. The molecule has 2 N–H and O–H groups in total. The van der Waals surface area contributed by atoms with Crippen molar-refractivity contribution in [1.29, 1.82) is 0 Å². The van der Waals surface area contributed by atoms with E-state index in [0.29, 0.717) is 22.3 Å². The molecule has 0 spiro atoms. The predicted octanol–water partition coefficient (Wildman–Crippen LogP) is 3.85. The van der Waals surface area contributed by atoms with E-state index in [0.717, 1.165) is 4.90 Å². The van der Waals surface area contributed by atoms with E-state index in [9.17, 15) is 28.6 Å². The van der Waals surface area contributed by atoms with Crippen LogP contribution in [0.2, 0.25) is 0 Å². The van der Waals surface area contributed by atoms with Crippen LogP contribution in [-0.2, 0) is 17.8 Å². The first-order chi connectivity index (χ1) is 15.3.